The number of carbonyl (C=O) groups excluding carboxylic acids is 1. The summed E-state index contributed by atoms with van der Waals surface area (Å²) in [6.07, 6.45) is 5.16. The van der Waals surface area contributed by atoms with Gasteiger partial charge in [-0.25, -0.2) is 4.98 Å². The van der Waals surface area contributed by atoms with E-state index in [1.165, 1.54) is 0 Å². The van der Waals surface area contributed by atoms with Gasteiger partial charge in [0.2, 0.25) is 0 Å². The van der Waals surface area contributed by atoms with Crippen LogP contribution in [0.3, 0.4) is 0 Å². The van der Waals surface area contributed by atoms with Crippen LogP contribution in [0.4, 0.5) is 11.6 Å². The molecule has 1 N–H and O–H groups in total. The average Bonchev–Trinajstić information content (AvgIpc) is 2.86. The lowest BCUT2D eigenvalue weighted by Crippen LogP contribution is -2.41. The zero-order chi connectivity index (χ0) is 23.0. The van der Waals surface area contributed by atoms with Gasteiger partial charge in [0.15, 0.2) is 17.3 Å². The summed E-state index contributed by atoms with van der Waals surface area (Å²) < 4.78 is 17.1. The highest BCUT2D eigenvalue weighted by molar-refractivity contribution is 6.03. The van der Waals surface area contributed by atoms with Crippen LogP contribution >= 0.6 is 0 Å². The first-order valence-corrected chi connectivity index (χ1v) is 11.1. The summed E-state index contributed by atoms with van der Waals surface area (Å²) in [5.74, 6) is 3.04. The van der Waals surface area contributed by atoms with Gasteiger partial charge in [0.25, 0.3) is 5.91 Å². The molecular weight excluding hydrogens is 420 g/mol. The summed E-state index contributed by atoms with van der Waals surface area (Å²) >= 11 is 0. The highest BCUT2D eigenvalue weighted by Crippen LogP contribution is 2.30. The fourth-order valence-electron chi connectivity index (χ4n) is 3.74. The molecule has 0 aliphatic carbocycles. The van der Waals surface area contributed by atoms with Crippen LogP contribution in [-0.4, -0.2) is 48.8 Å². The van der Waals surface area contributed by atoms with E-state index >= 15 is 0 Å². The van der Waals surface area contributed by atoms with Crippen molar-refractivity contribution < 1.29 is 19.0 Å². The van der Waals surface area contributed by atoms with Crippen molar-refractivity contribution in [3.05, 3.63) is 66.5 Å². The molecule has 172 valence electrons. The normalized spacial score (nSPS) is 15.6. The van der Waals surface area contributed by atoms with Gasteiger partial charge in [-0.1, -0.05) is 12.1 Å². The third-order valence-corrected chi connectivity index (χ3v) is 5.36. The molecule has 2 heterocycles. The van der Waals surface area contributed by atoms with Crippen molar-refractivity contribution >= 4 is 17.5 Å². The van der Waals surface area contributed by atoms with E-state index < -0.39 is 0 Å². The molecule has 4 rings (SSSR count). The topological polar surface area (TPSA) is 85.8 Å². The third kappa shape index (κ3) is 5.71. The highest BCUT2D eigenvalue weighted by atomic mass is 16.5. The zero-order valence-electron chi connectivity index (χ0n) is 18.9. The molecule has 8 heteroatoms. The van der Waals surface area contributed by atoms with E-state index in [0.717, 1.165) is 30.9 Å². The molecule has 2 aromatic carbocycles. The van der Waals surface area contributed by atoms with E-state index in [2.05, 4.69) is 20.2 Å². The Balaban J connectivity index is 1.41. The molecule has 0 spiro atoms. The van der Waals surface area contributed by atoms with Crippen LogP contribution in [0.25, 0.3) is 0 Å². The van der Waals surface area contributed by atoms with Crippen molar-refractivity contribution in [2.75, 3.05) is 37.0 Å². The molecule has 8 nitrogen and oxygen atoms in total. The van der Waals surface area contributed by atoms with Crippen LogP contribution in [-0.2, 0) is 0 Å². The Hall–Kier alpha value is -3.81. The first kappa shape index (κ1) is 22.4. The van der Waals surface area contributed by atoms with E-state index in [9.17, 15) is 4.79 Å². The Kier molecular flexibility index (Phi) is 7.24. The zero-order valence-corrected chi connectivity index (χ0v) is 18.9. The van der Waals surface area contributed by atoms with Gasteiger partial charge in [0.05, 0.1) is 32.7 Å². The Morgan fingerprint density at radius 1 is 1.12 bits per heavy atom. The van der Waals surface area contributed by atoms with Crippen LogP contribution in [0, 0.1) is 0 Å². The fraction of sp³-hybridized carbons (Fsp3) is 0.320. The Morgan fingerprint density at radius 3 is 2.67 bits per heavy atom. The van der Waals surface area contributed by atoms with Gasteiger partial charge < -0.3 is 24.4 Å². The monoisotopic (exact) mass is 448 g/mol. The van der Waals surface area contributed by atoms with Crippen LogP contribution in [0.5, 0.6) is 17.2 Å². The molecule has 3 aromatic rings. The number of piperidine rings is 1. The fourth-order valence-corrected chi connectivity index (χ4v) is 3.74. The Bertz CT molecular complexity index is 1070. The van der Waals surface area contributed by atoms with Gasteiger partial charge in [0, 0.05) is 12.1 Å². The quantitative estimate of drug-likeness (QED) is 0.553. The molecule has 1 atom stereocenters. The molecular formula is C25H28N4O4. The van der Waals surface area contributed by atoms with Gasteiger partial charge in [-0.05, 0) is 56.2 Å². The number of anilines is 2. The molecule has 0 radical (unpaired) electrons. The lowest BCUT2D eigenvalue weighted by atomic mass is 10.1. The molecule has 0 saturated carbocycles. The number of nitrogens with zero attached hydrogens (tertiary/aromatic N) is 3. The van der Waals surface area contributed by atoms with Crippen molar-refractivity contribution in [2.45, 2.75) is 25.9 Å². The molecule has 1 aliphatic heterocycles. The minimum Gasteiger partial charge on any atom is -0.497 e. The summed E-state index contributed by atoms with van der Waals surface area (Å²) in [6.45, 7) is 4.06. The first-order chi connectivity index (χ1) is 16.2. The second kappa shape index (κ2) is 10.7. The maximum Gasteiger partial charge on any atom is 0.256 e. The molecule has 1 aromatic heterocycles. The average molecular weight is 449 g/mol. The summed E-state index contributed by atoms with van der Waals surface area (Å²) in [4.78, 5) is 23.6. The molecule has 1 unspecified atom stereocenters. The molecule has 33 heavy (non-hydrogen) atoms. The number of rotatable bonds is 8. The van der Waals surface area contributed by atoms with E-state index in [4.69, 9.17) is 14.2 Å². The minimum atomic E-state index is -0.253. The van der Waals surface area contributed by atoms with Gasteiger partial charge in [-0.15, -0.1) is 0 Å². The first-order valence-electron chi connectivity index (χ1n) is 11.1. The number of ether oxygens (including phenoxy) is 3. The van der Waals surface area contributed by atoms with E-state index in [1.807, 2.05) is 31.2 Å². The maximum absolute atomic E-state index is 12.6. The minimum absolute atomic E-state index is 0.000275. The summed E-state index contributed by atoms with van der Waals surface area (Å²) in [5, 5.41) is 2.82. The third-order valence-electron chi connectivity index (χ3n) is 5.36. The number of hydrogen-bond donors (Lipinski definition) is 1. The van der Waals surface area contributed by atoms with Crippen LogP contribution < -0.4 is 24.4 Å². The number of methoxy groups -OCH3 is 1. The van der Waals surface area contributed by atoms with Crippen molar-refractivity contribution in [1.29, 1.82) is 0 Å². The SMILES string of the molecule is CCOc1ccccc1OC1CCCN(c2cncc(NC(=O)c3ccc(OC)cc3)n2)C1. The van der Waals surface area contributed by atoms with Gasteiger partial charge in [0.1, 0.15) is 17.7 Å². The summed E-state index contributed by atoms with van der Waals surface area (Å²) in [5.41, 5.74) is 0.516. The number of para-hydroxylation sites is 2. The highest BCUT2D eigenvalue weighted by Gasteiger charge is 2.24. The smallest absolute Gasteiger partial charge is 0.256 e. The largest absolute Gasteiger partial charge is 0.497 e. The van der Waals surface area contributed by atoms with Gasteiger partial charge in [-0.3, -0.25) is 9.78 Å². The Labute approximate surface area is 193 Å². The predicted octanol–water partition coefficient (Wildman–Crippen LogP) is 4.18. The van der Waals surface area contributed by atoms with Crippen molar-refractivity contribution in [3.8, 4) is 17.2 Å². The van der Waals surface area contributed by atoms with Crippen molar-refractivity contribution in [1.82, 2.24) is 9.97 Å². The predicted molar refractivity (Wildman–Crippen MR) is 126 cm³/mol. The number of amides is 1. The summed E-state index contributed by atoms with van der Waals surface area (Å²) in [6, 6.07) is 14.6. The van der Waals surface area contributed by atoms with Crippen molar-refractivity contribution in [3.63, 3.8) is 0 Å². The molecule has 1 fully saturated rings. The lowest BCUT2D eigenvalue weighted by molar-refractivity contribution is 0.102. The maximum atomic E-state index is 12.6. The number of nitrogens with one attached hydrogen (secondary N) is 1. The van der Waals surface area contributed by atoms with Crippen molar-refractivity contribution in [2.24, 2.45) is 0 Å². The van der Waals surface area contributed by atoms with Gasteiger partial charge in [-0.2, -0.15) is 0 Å². The second-order valence-electron chi connectivity index (χ2n) is 7.65. The Morgan fingerprint density at radius 2 is 1.91 bits per heavy atom. The summed E-state index contributed by atoms with van der Waals surface area (Å²) in [7, 11) is 1.59. The number of hydrogen-bond acceptors (Lipinski definition) is 7. The van der Waals surface area contributed by atoms with E-state index in [-0.39, 0.29) is 12.0 Å². The van der Waals surface area contributed by atoms with E-state index in [1.54, 1.807) is 43.8 Å². The van der Waals surface area contributed by atoms with Crippen LogP contribution in [0.1, 0.15) is 30.1 Å². The molecule has 1 amide bonds. The van der Waals surface area contributed by atoms with Gasteiger partial charge >= 0.3 is 0 Å². The standard InChI is InChI=1S/C25H28N4O4/c1-3-32-21-8-4-5-9-22(21)33-20-7-6-14-29(17-20)24-16-26-15-23(27-24)28-25(30)18-10-12-19(31-2)13-11-18/h4-5,8-13,15-16,20H,3,6-7,14,17H2,1-2H3,(H,27,28,30). The molecule has 1 saturated heterocycles. The number of carbonyl (C=O) groups is 1. The molecule has 1 aliphatic rings. The molecule has 0 bridgehead atoms. The lowest BCUT2D eigenvalue weighted by Gasteiger charge is -2.33. The second-order valence-corrected chi connectivity index (χ2v) is 7.65. The van der Waals surface area contributed by atoms with Crippen LogP contribution in [0.15, 0.2) is 60.9 Å². The van der Waals surface area contributed by atoms with E-state index in [0.29, 0.717) is 36.1 Å². The van der Waals surface area contributed by atoms with Crippen LogP contribution in [0.2, 0.25) is 0 Å². The number of aromatic nitrogens is 2. The number of benzene rings is 2.